The van der Waals surface area contributed by atoms with E-state index < -0.39 is 10.0 Å². The van der Waals surface area contributed by atoms with E-state index >= 15 is 0 Å². The van der Waals surface area contributed by atoms with Crippen molar-refractivity contribution in [2.45, 2.75) is 17.7 Å². The summed E-state index contributed by atoms with van der Waals surface area (Å²) in [6.45, 7) is 0.140. The molecule has 0 heterocycles. The van der Waals surface area contributed by atoms with E-state index in [1.54, 1.807) is 0 Å². The van der Waals surface area contributed by atoms with Crippen LogP contribution in [0, 0.1) is 0 Å². The molecule has 0 aliphatic heterocycles. The lowest BCUT2D eigenvalue weighted by molar-refractivity contribution is 0.316. The van der Waals surface area contributed by atoms with E-state index in [0.29, 0.717) is 6.42 Å². The lowest BCUT2D eigenvalue weighted by atomic mass is 10.3. The molecule has 1 rings (SSSR count). The van der Waals surface area contributed by atoms with E-state index in [4.69, 9.17) is 34.1 Å². The molecule has 0 radical (unpaired) electrons. The van der Waals surface area contributed by atoms with E-state index in [1.165, 1.54) is 18.2 Å². The SMILES string of the molecule is N/C(CCCNS(=O)(=O)c1cc(Cl)ccc1Cl)=N/O. The third-order valence-electron chi connectivity index (χ3n) is 2.21. The summed E-state index contributed by atoms with van der Waals surface area (Å²) >= 11 is 11.6. The Bertz CT molecular complexity index is 575. The van der Waals surface area contributed by atoms with Gasteiger partial charge in [0.1, 0.15) is 10.7 Å². The second kappa shape index (κ2) is 6.95. The molecule has 0 saturated carbocycles. The molecule has 6 nitrogen and oxygen atoms in total. The van der Waals surface area contributed by atoms with Gasteiger partial charge in [-0.3, -0.25) is 0 Å². The van der Waals surface area contributed by atoms with Gasteiger partial charge >= 0.3 is 0 Å². The van der Waals surface area contributed by atoms with Gasteiger partial charge in [0, 0.05) is 18.0 Å². The third kappa shape index (κ3) is 4.87. The molecule has 0 aromatic heterocycles. The van der Waals surface area contributed by atoms with Gasteiger partial charge in [0.2, 0.25) is 10.0 Å². The lowest BCUT2D eigenvalue weighted by Crippen LogP contribution is -2.26. The highest BCUT2D eigenvalue weighted by atomic mass is 35.5. The maximum Gasteiger partial charge on any atom is 0.242 e. The molecule has 0 amide bonds. The lowest BCUT2D eigenvalue weighted by Gasteiger charge is -2.08. The molecule has 0 saturated heterocycles. The fourth-order valence-electron chi connectivity index (χ4n) is 1.29. The van der Waals surface area contributed by atoms with E-state index in [9.17, 15) is 8.42 Å². The zero-order chi connectivity index (χ0) is 14.5. The molecule has 0 bridgehead atoms. The average molecular weight is 326 g/mol. The number of hydrogen-bond acceptors (Lipinski definition) is 4. The van der Waals surface area contributed by atoms with E-state index in [2.05, 4.69) is 9.88 Å². The smallest absolute Gasteiger partial charge is 0.242 e. The first-order valence-electron chi connectivity index (χ1n) is 5.28. The molecule has 0 spiro atoms. The van der Waals surface area contributed by atoms with E-state index in [0.717, 1.165) is 0 Å². The molecule has 19 heavy (non-hydrogen) atoms. The van der Waals surface area contributed by atoms with E-state index in [-0.39, 0.29) is 33.7 Å². The van der Waals surface area contributed by atoms with Crippen LogP contribution in [-0.4, -0.2) is 26.0 Å². The molecular formula is C10H13Cl2N3O3S. The maximum absolute atomic E-state index is 12.0. The number of amidine groups is 1. The number of benzene rings is 1. The topological polar surface area (TPSA) is 105 Å². The van der Waals surface area contributed by atoms with Gasteiger partial charge in [-0.25, -0.2) is 13.1 Å². The van der Waals surface area contributed by atoms with Gasteiger partial charge in [0.25, 0.3) is 0 Å². The maximum atomic E-state index is 12.0. The quantitative estimate of drug-likeness (QED) is 0.244. The van der Waals surface area contributed by atoms with Crippen molar-refractivity contribution in [1.82, 2.24) is 4.72 Å². The van der Waals surface area contributed by atoms with Crippen LogP contribution < -0.4 is 10.5 Å². The predicted molar refractivity (Wildman–Crippen MR) is 74.3 cm³/mol. The molecule has 0 aliphatic rings. The van der Waals surface area contributed by atoms with Crippen molar-refractivity contribution in [3.8, 4) is 0 Å². The van der Waals surface area contributed by atoms with Crippen molar-refractivity contribution in [3.63, 3.8) is 0 Å². The van der Waals surface area contributed by atoms with Crippen LogP contribution >= 0.6 is 23.2 Å². The van der Waals surface area contributed by atoms with Crippen LogP contribution in [0.25, 0.3) is 0 Å². The van der Waals surface area contributed by atoms with Crippen LogP contribution in [0.3, 0.4) is 0 Å². The first kappa shape index (κ1) is 16.0. The monoisotopic (exact) mass is 325 g/mol. The first-order valence-corrected chi connectivity index (χ1v) is 7.52. The molecule has 4 N–H and O–H groups in total. The summed E-state index contributed by atoms with van der Waals surface area (Å²) in [7, 11) is -3.73. The summed E-state index contributed by atoms with van der Waals surface area (Å²) < 4.78 is 26.3. The van der Waals surface area contributed by atoms with Crippen LogP contribution in [0.4, 0.5) is 0 Å². The van der Waals surface area contributed by atoms with Crippen LogP contribution in [0.5, 0.6) is 0 Å². The normalized spacial score (nSPS) is 12.6. The zero-order valence-electron chi connectivity index (χ0n) is 9.81. The molecule has 9 heteroatoms. The number of rotatable bonds is 6. The number of nitrogens with one attached hydrogen (secondary N) is 1. The standard InChI is InChI=1S/C10H13Cl2N3O3S/c11-7-3-4-8(12)9(6-7)19(17,18)14-5-1-2-10(13)15-16/h3-4,6,14,16H,1-2,5H2,(H2,13,15). The van der Waals surface area contributed by atoms with Crippen LogP contribution in [0.1, 0.15) is 12.8 Å². The van der Waals surface area contributed by atoms with Gasteiger partial charge in [0.15, 0.2) is 0 Å². The Labute approximate surface area is 121 Å². The molecule has 0 aliphatic carbocycles. The highest BCUT2D eigenvalue weighted by molar-refractivity contribution is 7.89. The predicted octanol–water partition coefficient (Wildman–Crippen LogP) is 1.80. The highest BCUT2D eigenvalue weighted by Crippen LogP contribution is 2.24. The number of halogens is 2. The van der Waals surface area contributed by atoms with Crippen LogP contribution in [0.2, 0.25) is 10.0 Å². The van der Waals surface area contributed by atoms with Crippen molar-refractivity contribution in [1.29, 1.82) is 0 Å². The summed E-state index contributed by atoms with van der Waals surface area (Å²) in [5.74, 6) is 0.0417. The van der Waals surface area contributed by atoms with Crippen molar-refractivity contribution in [3.05, 3.63) is 28.2 Å². The van der Waals surface area contributed by atoms with E-state index in [1.807, 2.05) is 0 Å². The molecule has 1 aromatic rings. The Morgan fingerprint density at radius 2 is 2.11 bits per heavy atom. The number of nitrogens with zero attached hydrogens (tertiary/aromatic N) is 1. The van der Waals surface area contributed by atoms with Crippen molar-refractivity contribution in [2.75, 3.05) is 6.54 Å². The fraction of sp³-hybridized carbons (Fsp3) is 0.300. The minimum atomic E-state index is -3.73. The molecule has 106 valence electrons. The van der Waals surface area contributed by atoms with Crippen molar-refractivity contribution < 1.29 is 13.6 Å². The summed E-state index contributed by atoms with van der Waals surface area (Å²) in [6.07, 6.45) is 0.676. The van der Waals surface area contributed by atoms with Gasteiger partial charge in [0.05, 0.1) is 5.02 Å². The zero-order valence-corrected chi connectivity index (χ0v) is 12.1. The average Bonchev–Trinajstić information content (AvgIpc) is 2.37. The number of hydrogen-bond donors (Lipinski definition) is 3. The van der Waals surface area contributed by atoms with Gasteiger partial charge in [-0.2, -0.15) is 0 Å². The minimum absolute atomic E-state index is 0.0417. The van der Waals surface area contributed by atoms with Gasteiger partial charge in [-0.1, -0.05) is 28.4 Å². The Morgan fingerprint density at radius 3 is 2.74 bits per heavy atom. The fourth-order valence-corrected chi connectivity index (χ4v) is 3.12. The Hall–Kier alpha value is -1.02. The number of nitrogens with two attached hydrogens (primary N) is 1. The first-order chi connectivity index (χ1) is 8.86. The summed E-state index contributed by atoms with van der Waals surface area (Å²) in [6, 6.07) is 4.19. The summed E-state index contributed by atoms with van der Waals surface area (Å²) in [5, 5.41) is 11.5. The number of sulfonamides is 1. The highest BCUT2D eigenvalue weighted by Gasteiger charge is 2.17. The second-order valence-electron chi connectivity index (χ2n) is 3.67. The molecule has 0 fully saturated rings. The van der Waals surface area contributed by atoms with Crippen molar-refractivity contribution in [2.24, 2.45) is 10.9 Å². The second-order valence-corrected chi connectivity index (χ2v) is 6.25. The molecule has 0 unspecified atom stereocenters. The largest absolute Gasteiger partial charge is 0.409 e. The van der Waals surface area contributed by atoms with Gasteiger partial charge in [-0.15, -0.1) is 0 Å². The molecule has 1 aromatic carbocycles. The number of oxime groups is 1. The minimum Gasteiger partial charge on any atom is -0.409 e. The van der Waals surface area contributed by atoms with Gasteiger partial charge < -0.3 is 10.9 Å². The Balaban J connectivity index is 2.69. The molecular weight excluding hydrogens is 313 g/mol. The third-order valence-corrected chi connectivity index (χ3v) is 4.39. The van der Waals surface area contributed by atoms with Crippen molar-refractivity contribution >= 4 is 39.1 Å². The Morgan fingerprint density at radius 1 is 1.42 bits per heavy atom. The Kier molecular flexibility index (Phi) is 5.86. The summed E-state index contributed by atoms with van der Waals surface area (Å²) in [5.41, 5.74) is 5.26. The van der Waals surface area contributed by atoms with Crippen LogP contribution in [0.15, 0.2) is 28.3 Å². The summed E-state index contributed by atoms with van der Waals surface area (Å²) in [4.78, 5) is -0.0783. The van der Waals surface area contributed by atoms with Gasteiger partial charge in [-0.05, 0) is 24.6 Å². The molecule has 0 atom stereocenters. The van der Waals surface area contributed by atoms with Crippen LogP contribution in [-0.2, 0) is 10.0 Å².